The van der Waals surface area contributed by atoms with Crippen molar-refractivity contribution in [2.24, 2.45) is 4.99 Å². The van der Waals surface area contributed by atoms with Crippen LogP contribution in [0, 0.1) is 0 Å². The second-order valence-corrected chi connectivity index (χ2v) is 7.36. The number of nitrogens with zero attached hydrogens (tertiary/aromatic N) is 3. The van der Waals surface area contributed by atoms with Crippen LogP contribution in [0.1, 0.15) is 20.2 Å². The number of amidine groups is 1. The molecule has 0 radical (unpaired) electrons. The number of piperazine rings is 1. The summed E-state index contributed by atoms with van der Waals surface area (Å²) in [5.74, 6) is 0.844. The second kappa shape index (κ2) is 6.45. The molecule has 0 N–H and O–H groups in total. The van der Waals surface area contributed by atoms with Crippen molar-refractivity contribution in [3.63, 3.8) is 0 Å². The fourth-order valence-corrected chi connectivity index (χ4v) is 4.54. The third-order valence-electron chi connectivity index (χ3n) is 4.02. The number of rotatable bonds is 1. The molecule has 2 aromatic rings. The first kappa shape index (κ1) is 15.5. The van der Waals surface area contributed by atoms with Crippen molar-refractivity contribution in [3.05, 3.63) is 40.5 Å². The molecule has 4 heterocycles. The van der Waals surface area contributed by atoms with Crippen LogP contribution in [0.15, 0.2) is 39.3 Å². The van der Waals surface area contributed by atoms with Crippen molar-refractivity contribution in [2.75, 3.05) is 31.9 Å². The zero-order valence-corrected chi connectivity index (χ0v) is 14.4. The fraction of sp³-hybridized carbons (Fsp3) is 0.312. The Bertz CT molecular complexity index is 789. The number of Topliss-reactive ketones (excluding diaryl/α,β-unsaturated/α-hetero) is 1. The smallest absolute Gasteiger partial charge is 0.289 e. The van der Waals surface area contributed by atoms with Crippen molar-refractivity contribution in [2.45, 2.75) is 0 Å². The monoisotopic (exact) mass is 361 g/mol. The number of carbonyl (C=O) groups excluding carboxylic acids is 2. The lowest BCUT2D eigenvalue weighted by molar-refractivity contribution is 0.0661. The zero-order valence-electron chi connectivity index (χ0n) is 12.8. The lowest BCUT2D eigenvalue weighted by Crippen LogP contribution is -2.50. The van der Waals surface area contributed by atoms with Gasteiger partial charge in [0, 0.05) is 26.2 Å². The number of hydrogen-bond donors (Lipinski definition) is 0. The van der Waals surface area contributed by atoms with E-state index in [9.17, 15) is 9.59 Å². The van der Waals surface area contributed by atoms with E-state index in [0.29, 0.717) is 37.7 Å². The number of amides is 1. The Kier molecular flexibility index (Phi) is 4.15. The van der Waals surface area contributed by atoms with Gasteiger partial charge in [-0.25, -0.2) is 4.99 Å². The molecule has 0 unspecified atom stereocenters. The van der Waals surface area contributed by atoms with E-state index in [4.69, 9.17) is 4.42 Å². The number of hydrogen-bond acceptors (Lipinski definition) is 7. The molecule has 124 valence electrons. The van der Waals surface area contributed by atoms with Gasteiger partial charge >= 0.3 is 0 Å². The Morgan fingerprint density at radius 2 is 2.04 bits per heavy atom. The molecule has 1 saturated heterocycles. The minimum absolute atomic E-state index is 0.0783. The largest absolute Gasteiger partial charge is 0.459 e. The molecule has 6 nitrogen and oxygen atoms in total. The lowest BCUT2D eigenvalue weighted by Gasteiger charge is -2.35. The second-order valence-electron chi connectivity index (χ2n) is 5.50. The normalized spacial score (nSPS) is 18.2. The van der Waals surface area contributed by atoms with Gasteiger partial charge in [-0.05, 0) is 23.6 Å². The summed E-state index contributed by atoms with van der Waals surface area (Å²) in [6.07, 6.45) is 1.51. The third-order valence-corrected chi connectivity index (χ3v) is 5.97. The van der Waals surface area contributed by atoms with Crippen LogP contribution in [0.3, 0.4) is 0 Å². The van der Waals surface area contributed by atoms with Crippen molar-refractivity contribution in [3.8, 4) is 0 Å². The van der Waals surface area contributed by atoms with E-state index in [0.717, 1.165) is 15.7 Å². The van der Waals surface area contributed by atoms with E-state index in [1.54, 1.807) is 17.0 Å². The summed E-state index contributed by atoms with van der Waals surface area (Å²) in [7, 11) is 0. The summed E-state index contributed by atoms with van der Waals surface area (Å²) in [6, 6.07) is 5.29. The van der Waals surface area contributed by atoms with Gasteiger partial charge in [-0.2, -0.15) is 0 Å². The molecule has 8 heteroatoms. The summed E-state index contributed by atoms with van der Waals surface area (Å²) in [5, 5.41) is 2.77. The molecule has 1 amide bonds. The van der Waals surface area contributed by atoms with Crippen molar-refractivity contribution in [1.82, 2.24) is 9.80 Å². The van der Waals surface area contributed by atoms with E-state index in [1.807, 2.05) is 11.4 Å². The Morgan fingerprint density at radius 1 is 1.21 bits per heavy atom. The highest BCUT2D eigenvalue weighted by Gasteiger charge is 2.27. The van der Waals surface area contributed by atoms with Crippen molar-refractivity contribution in [1.29, 1.82) is 0 Å². The predicted molar refractivity (Wildman–Crippen MR) is 94.4 cm³/mol. The number of furan rings is 1. The van der Waals surface area contributed by atoms with E-state index in [2.05, 4.69) is 9.89 Å². The number of aliphatic imine (C=N–C) groups is 1. The van der Waals surface area contributed by atoms with Gasteiger partial charge in [0.05, 0.1) is 22.6 Å². The van der Waals surface area contributed by atoms with Crippen molar-refractivity contribution < 1.29 is 14.0 Å². The highest BCUT2D eigenvalue weighted by molar-refractivity contribution is 8.14. The van der Waals surface area contributed by atoms with Crippen molar-refractivity contribution >= 4 is 45.6 Å². The molecule has 2 aliphatic heterocycles. The van der Waals surface area contributed by atoms with E-state index in [-0.39, 0.29) is 11.7 Å². The van der Waals surface area contributed by atoms with E-state index < -0.39 is 0 Å². The van der Waals surface area contributed by atoms with Gasteiger partial charge in [0.25, 0.3) is 5.91 Å². The van der Waals surface area contributed by atoms with Gasteiger partial charge in [-0.1, -0.05) is 11.8 Å². The minimum Gasteiger partial charge on any atom is -0.459 e. The average Bonchev–Trinajstić information content (AvgIpc) is 3.27. The molecule has 0 spiro atoms. The molecule has 1 fully saturated rings. The third kappa shape index (κ3) is 2.87. The number of thiophene rings is 1. The molecular weight excluding hydrogens is 346 g/mol. The molecular formula is C16H15N3O3S2. The standard InChI is InChI=1S/C16H15N3O3S2/c20-12-10-24-16(17-11-3-9-23-14(11)12)19-6-4-18(5-7-19)15(21)13-2-1-8-22-13/h1-3,8-9H,4-7,10H2. The summed E-state index contributed by atoms with van der Waals surface area (Å²) < 4.78 is 5.18. The predicted octanol–water partition coefficient (Wildman–Crippen LogP) is 2.72. The maximum atomic E-state index is 12.3. The maximum absolute atomic E-state index is 12.3. The van der Waals surface area contributed by atoms with Gasteiger partial charge < -0.3 is 14.2 Å². The summed E-state index contributed by atoms with van der Waals surface area (Å²) in [6.45, 7) is 2.63. The van der Waals surface area contributed by atoms with Gasteiger partial charge in [-0.15, -0.1) is 11.3 Å². The maximum Gasteiger partial charge on any atom is 0.289 e. The van der Waals surface area contributed by atoms with E-state index in [1.165, 1.54) is 29.4 Å². The average molecular weight is 361 g/mol. The van der Waals surface area contributed by atoms with Crippen LogP contribution in [0.4, 0.5) is 5.69 Å². The zero-order chi connectivity index (χ0) is 16.5. The van der Waals surface area contributed by atoms with Crippen LogP contribution in [-0.2, 0) is 0 Å². The van der Waals surface area contributed by atoms with Crippen LogP contribution in [0.25, 0.3) is 0 Å². The Balaban J connectivity index is 1.45. The fourth-order valence-electron chi connectivity index (χ4n) is 2.75. The molecule has 4 rings (SSSR count). The van der Waals surface area contributed by atoms with Crippen LogP contribution in [0.5, 0.6) is 0 Å². The minimum atomic E-state index is -0.0783. The summed E-state index contributed by atoms with van der Waals surface area (Å²) in [4.78, 5) is 33.8. The Hall–Kier alpha value is -2.06. The molecule has 0 atom stereocenters. The van der Waals surface area contributed by atoms with Crippen LogP contribution in [0.2, 0.25) is 0 Å². The summed E-state index contributed by atoms with van der Waals surface area (Å²) in [5.41, 5.74) is 0.763. The SMILES string of the molecule is O=C1CSC(N2CCN(C(=O)c3ccco3)CC2)=Nc2ccsc21. The number of carbonyl (C=O) groups is 2. The molecule has 0 aromatic carbocycles. The highest BCUT2D eigenvalue weighted by atomic mass is 32.2. The molecule has 2 aliphatic rings. The topological polar surface area (TPSA) is 66.1 Å². The molecule has 0 bridgehead atoms. The molecule has 24 heavy (non-hydrogen) atoms. The molecule has 2 aromatic heterocycles. The van der Waals surface area contributed by atoms with Crippen LogP contribution < -0.4 is 0 Å². The van der Waals surface area contributed by atoms with Gasteiger partial charge in [0.1, 0.15) is 0 Å². The Morgan fingerprint density at radius 3 is 2.79 bits per heavy atom. The first-order valence-corrected chi connectivity index (χ1v) is 9.49. The van der Waals surface area contributed by atoms with Gasteiger partial charge in [0.2, 0.25) is 0 Å². The first-order valence-electron chi connectivity index (χ1n) is 7.62. The number of ketones is 1. The quantitative estimate of drug-likeness (QED) is 0.781. The first-order chi connectivity index (χ1) is 11.7. The van der Waals surface area contributed by atoms with Gasteiger partial charge in [0.15, 0.2) is 16.7 Å². The lowest BCUT2D eigenvalue weighted by atomic mass is 10.3. The van der Waals surface area contributed by atoms with Gasteiger partial charge in [-0.3, -0.25) is 9.59 Å². The summed E-state index contributed by atoms with van der Waals surface area (Å²) >= 11 is 2.92. The number of fused-ring (bicyclic) bond motifs is 1. The highest BCUT2D eigenvalue weighted by Crippen LogP contribution is 2.32. The Labute approximate surface area is 147 Å². The number of thioether (sulfide) groups is 1. The molecule has 0 aliphatic carbocycles. The van der Waals surface area contributed by atoms with E-state index >= 15 is 0 Å². The molecule has 0 saturated carbocycles. The van der Waals surface area contributed by atoms with Crippen LogP contribution >= 0.6 is 23.1 Å². The van der Waals surface area contributed by atoms with Crippen LogP contribution in [-0.4, -0.2) is 58.6 Å².